The molecule has 3 nitrogen and oxygen atoms in total. The van der Waals surface area contributed by atoms with E-state index in [1.165, 1.54) is 32.9 Å². The van der Waals surface area contributed by atoms with Crippen molar-refractivity contribution in [3.63, 3.8) is 0 Å². The number of aromatic nitrogens is 1. The summed E-state index contributed by atoms with van der Waals surface area (Å²) in [6.07, 6.45) is 3.94. The van der Waals surface area contributed by atoms with Crippen LogP contribution in [0, 0.1) is 0 Å². The van der Waals surface area contributed by atoms with E-state index < -0.39 is 0 Å². The average molecular weight is 578 g/mol. The zero-order valence-electron chi connectivity index (χ0n) is 24.8. The van der Waals surface area contributed by atoms with Crippen LogP contribution in [-0.2, 0) is 0 Å². The molecule has 0 spiro atoms. The Hall–Kier alpha value is -5.80. The number of fused-ring (bicyclic) bond motifs is 3. The highest BCUT2D eigenvalue weighted by Gasteiger charge is 2.15. The van der Waals surface area contributed by atoms with Gasteiger partial charge in [0.25, 0.3) is 0 Å². The van der Waals surface area contributed by atoms with Gasteiger partial charge < -0.3 is 4.57 Å². The van der Waals surface area contributed by atoms with E-state index in [9.17, 15) is 0 Å². The fourth-order valence-corrected chi connectivity index (χ4v) is 6.31. The highest BCUT2D eigenvalue weighted by Crippen LogP contribution is 2.33. The van der Waals surface area contributed by atoms with Crippen LogP contribution in [0.1, 0.15) is 29.5 Å². The van der Waals surface area contributed by atoms with Gasteiger partial charge in [-0.1, -0.05) is 133 Å². The van der Waals surface area contributed by atoms with Gasteiger partial charge in [0, 0.05) is 22.0 Å². The molecule has 1 aliphatic rings. The third-order valence-electron chi connectivity index (χ3n) is 8.52. The minimum Gasteiger partial charge on any atom is -0.309 e. The Morgan fingerprint density at radius 2 is 1.02 bits per heavy atom. The van der Waals surface area contributed by atoms with E-state index >= 15 is 0 Å². The maximum atomic E-state index is 5.21. The highest BCUT2D eigenvalue weighted by molar-refractivity contribution is 6.14. The van der Waals surface area contributed by atoms with E-state index in [0.29, 0.717) is 0 Å². The third kappa shape index (κ3) is 5.19. The summed E-state index contributed by atoms with van der Waals surface area (Å²) in [5.74, 6) is 0.737. The Labute approximate surface area is 263 Å². The lowest BCUT2D eigenvalue weighted by molar-refractivity contribution is 1.08. The van der Waals surface area contributed by atoms with Crippen molar-refractivity contribution >= 4 is 39.1 Å². The molecule has 0 amide bonds. The summed E-state index contributed by atoms with van der Waals surface area (Å²) in [6.45, 7) is 0. The molecule has 0 N–H and O–H groups in total. The van der Waals surface area contributed by atoms with Gasteiger partial charge in [0.05, 0.1) is 22.4 Å². The number of rotatable bonds is 5. The number of aliphatic imine (C=N–C) groups is 2. The second kappa shape index (κ2) is 11.7. The largest absolute Gasteiger partial charge is 0.309 e. The maximum Gasteiger partial charge on any atom is 0.160 e. The predicted molar refractivity (Wildman–Crippen MR) is 189 cm³/mol. The molecular weight excluding hydrogens is 546 g/mol. The standard InChI is InChI=1S/C42H31N3/c1-3-13-31(14-4-1)38-21-12-22-39(44-42(43-38)32-15-5-2-6-16-32)34-18-11-17-33(29-34)30-25-27-35(28-26-30)45-40-23-9-7-19-36(40)37-20-8-10-24-41(37)45/h1-11,13-21,23-29H,12,22H2/b38-21-,43-42?,44-39?. The molecule has 0 fully saturated rings. The van der Waals surface area contributed by atoms with Crippen molar-refractivity contribution in [1.29, 1.82) is 0 Å². The van der Waals surface area contributed by atoms with Crippen LogP contribution in [0.4, 0.5) is 0 Å². The number of benzene rings is 6. The van der Waals surface area contributed by atoms with Crippen molar-refractivity contribution in [2.75, 3.05) is 0 Å². The molecule has 7 aromatic rings. The molecule has 0 unspecified atom stereocenters. The van der Waals surface area contributed by atoms with Crippen LogP contribution in [0.25, 0.3) is 44.3 Å². The molecule has 0 radical (unpaired) electrons. The average Bonchev–Trinajstić information content (AvgIpc) is 3.44. The lowest BCUT2D eigenvalue weighted by Crippen LogP contribution is -2.09. The molecule has 214 valence electrons. The summed E-state index contributed by atoms with van der Waals surface area (Å²) in [5, 5.41) is 2.54. The van der Waals surface area contributed by atoms with Crippen molar-refractivity contribution in [1.82, 2.24) is 4.57 Å². The first-order chi connectivity index (χ1) is 22.3. The normalized spacial score (nSPS) is 14.7. The first kappa shape index (κ1) is 26.8. The molecule has 0 saturated carbocycles. The third-order valence-corrected chi connectivity index (χ3v) is 8.52. The Morgan fingerprint density at radius 3 is 1.71 bits per heavy atom. The molecular formula is C42H31N3. The van der Waals surface area contributed by atoms with Crippen molar-refractivity contribution in [2.45, 2.75) is 12.8 Å². The van der Waals surface area contributed by atoms with Gasteiger partial charge in [0.15, 0.2) is 5.84 Å². The fourth-order valence-electron chi connectivity index (χ4n) is 6.31. The second-order valence-electron chi connectivity index (χ2n) is 11.4. The van der Waals surface area contributed by atoms with Crippen LogP contribution in [0.5, 0.6) is 0 Å². The van der Waals surface area contributed by atoms with Crippen LogP contribution in [0.15, 0.2) is 174 Å². The smallest absolute Gasteiger partial charge is 0.160 e. The first-order valence-corrected chi connectivity index (χ1v) is 15.5. The van der Waals surface area contributed by atoms with Gasteiger partial charge >= 0.3 is 0 Å². The molecule has 8 rings (SSSR count). The molecule has 45 heavy (non-hydrogen) atoms. The maximum absolute atomic E-state index is 5.21. The molecule has 2 heterocycles. The van der Waals surface area contributed by atoms with Gasteiger partial charge in [0.2, 0.25) is 0 Å². The van der Waals surface area contributed by atoms with Gasteiger partial charge in [-0.15, -0.1) is 0 Å². The number of amidine groups is 1. The summed E-state index contributed by atoms with van der Waals surface area (Å²) in [7, 11) is 0. The lowest BCUT2D eigenvalue weighted by Gasteiger charge is -2.14. The van der Waals surface area contributed by atoms with E-state index in [1.807, 2.05) is 24.3 Å². The van der Waals surface area contributed by atoms with Crippen molar-refractivity contribution in [3.05, 3.63) is 180 Å². The summed E-state index contributed by atoms with van der Waals surface area (Å²) >= 11 is 0. The molecule has 0 bridgehead atoms. The predicted octanol–water partition coefficient (Wildman–Crippen LogP) is 10.5. The minimum atomic E-state index is 0.737. The van der Waals surface area contributed by atoms with Crippen LogP contribution in [0.3, 0.4) is 0 Å². The number of para-hydroxylation sites is 2. The highest BCUT2D eigenvalue weighted by atomic mass is 15.0. The Bertz CT molecular complexity index is 2180. The molecule has 0 aliphatic carbocycles. The van der Waals surface area contributed by atoms with Crippen molar-refractivity contribution in [2.24, 2.45) is 9.98 Å². The Morgan fingerprint density at radius 1 is 0.444 bits per heavy atom. The molecule has 3 heteroatoms. The van der Waals surface area contributed by atoms with Gasteiger partial charge in [0.1, 0.15) is 0 Å². The first-order valence-electron chi connectivity index (χ1n) is 15.5. The van der Waals surface area contributed by atoms with Crippen LogP contribution >= 0.6 is 0 Å². The number of hydrogen-bond donors (Lipinski definition) is 0. The fraction of sp³-hybridized carbons (Fsp3) is 0.0476. The number of hydrogen-bond acceptors (Lipinski definition) is 2. The SMILES string of the molecule is C1=C(/c2ccccc2)N=C(c2ccccc2)N=C(c2cccc(-c3ccc(-n4c5ccccc5c5ccccc54)cc3)c2)CC/1. The molecule has 6 aromatic carbocycles. The Balaban J connectivity index is 1.16. The molecule has 0 saturated heterocycles. The Kier molecular flexibility index (Phi) is 6.97. The van der Waals surface area contributed by atoms with Gasteiger partial charge in [-0.05, 0) is 65.4 Å². The van der Waals surface area contributed by atoms with Crippen molar-refractivity contribution in [3.8, 4) is 16.8 Å². The number of nitrogens with zero attached hydrogens (tertiary/aromatic N) is 3. The molecule has 0 atom stereocenters. The topological polar surface area (TPSA) is 29.6 Å². The summed E-state index contributed by atoms with van der Waals surface area (Å²) in [5.41, 5.74) is 11.2. The summed E-state index contributed by atoms with van der Waals surface area (Å²) in [4.78, 5) is 10.3. The van der Waals surface area contributed by atoms with Crippen LogP contribution in [-0.4, -0.2) is 16.1 Å². The van der Waals surface area contributed by atoms with E-state index in [2.05, 4.69) is 144 Å². The van der Waals surface area contributed by atoms with Gasteiger partial charge in [-0.25, -0.2) is 9.98 Å². The molecule has 1 aliphatic heterocycles. The summed E-state index contributed by atoms with van der Waals surface area (Å²) < 4.78 is 2.36. The zero-order chi connectivity index (χ0) is 30.0. The van der Waals surface area contributed by atoms with Gasteiger partial charge in [-0.3, -0.25) is 0 Å². The minimum absolute atomic E-state index is 0.737. The van der Waals surface area contributed by atoms with Gasteiger partial charge in [-0.2, -0.15) is 0 Å². The van der Waals surface area contributed by atoms with Crippen LogP contribution in [0.2, 0.25) is 0 Å². The van der Waals surface area contributed by atoms with E-state index in [4.69, 9.17) is 9.98 Å². The monoisotopic (exact) mass is 577 g/mol. The van der Waals surface area contributed by atoms with Crippen molar-refractivity contribution < 1.29 is 0 Å². The van der Waals surface area contributed by atoms with Crippen LogP contribution < -0.4 is 0 Å². The number of allylic oxidation sites excluding steroid dienone is 1. The molecule has 1 aromatic heterocycles. The zero-order valence-corrected chi connectivity index (χ0v) is 24.8. The summed E-state index contributed by atoms with van der Waals surface area (Å²) in [6, 6.07) is 55.6. The van der Waals surface area contributed by atoms with E-state index in [0.717, 1.165) is 52.5 Å². The van der Waals surface area contributed by atoms with E-state index in [1.54, 1.807) is 0 Å². The second-order valence-corrected chi connectivity index (χ2v) is 11.4. The lowest BCUT2D eigenvalue weighted by atomic mass is 9.98. The van der Waals surface area contributed by atoms with E-state index in [-0.39, 0.29) is 0 Å². The quantitative estimate of drug-likeness (QED) is 0.195.